The van der Waals surface area contributed by atoms with Gasteiger partial charge < -0.3 is 10.6 Å². The summed E-state index contributed by atoms with van der Waals surface area (Å²) in [5.41, 5.74) is 4.53. The van der Waals surface area contributed by atoms with Crippen LogP contribution in [-0.4, -0.2) is 19.6 Å². The van der Waals surface area contributed by atoms with Gasteiger partial charge in [-0.1, -0.05) is 25.1 Å². The van der Waals surface area contributed by atoms with Crippen LogP contribution in [0.25, 0.3) is 0 Å². The third-order valence-corrected chi connectivity index (χ3v) is 3.66. The predicted molar refractivity (Wildman–Crippen MR) is 73.3 cm³/mol. The molecule has 0 saturated heterocycles. The van der Waals surface area contributed by atoms with Crippen molar-refractivity contribution in [1.29, 1.82) is 0 Å². The standard InChI is InChI=1S/C15H24N2/c1-3-8-17-11-12-4-5-14-10-15(16-2)7-6-13(14)9-12/h4-5,9,15-17H,3,6-8,10-11H2,1-2H3. The van der Waals surface area contributed by atoms with Crippen molar-refractivity contribution in [3.05, 3.63) is 34.9 Å². The summed E-state index contributed by atoms with van der Waals surface area (Å²) in [5.74, 6) is 0. The second-order valence-corrected chi connectivity index (χ2v) is 5.01. The number of fused-ring (bicyclic) bond motifs is 1. The lowest BCUT2D eigenvalue weighted by Gasteiger charge is -2.24. The van der Waals surface area contributed by atoms with Gasteiger partial charge in [-0.3, -0.25) is 0 Å². The number of benzene rings is 1. The highest BCUT2D eigenvalue weighted by Crippen LogP contribution is 2.22. The Morgan fingerprint density at radius 2 is 2.18 bits per heavy atom. The van der Waals surface area contributed by atoms with Crippen LogP contribution in [0.2, 0.25) is 0 Å². The van der Waals surface area contributed by atoms with Crippen molar-refractivity contribution >= 4 is 0 Å². The van der Waals surface area contributed by atoms with E-state index in [1.165, 1.54) is 36.8 Å². The van der Waals surface area contributed by atoms with Gasteiger partial charge in [0.05, 0.1) is 0 Å². The van der Waals surface area contributed by atoms with Crippen LogP contribution < -0.4 is 10.6 Å². The lowest BCUT2D eigenvalue weighted by atomic mass is 9.87. The molecule has 0 spiro atoms. The molecule has 0 heterocycles. The molecule has 2 N–H and O–H groups in total. The average molecular weight is 232 g/mol. The van der Waals surface area contributed by atoms with Gasteiger partial charge in [0.1, 0.15) is 0 Å². The second-order valence-electron chi connectivity index (χ2n) is 5.01. The molecule has 1 atom stereocenters. The molecule has 1 aliphatic rings. The molecule has 17 heavy (non-hydrogen) atoms. The molecule has 0 aliphatic heterocycles. The summed E-state index contributed by atoms with van der Waals surface area (Å²) in [5, 5.41) is 6.85. The Balaban J connectivity index is 2.00. The van der Waals surface area contributed by atoms with E-state index in [2.05, 4.69) is 42.8 Å². The zero-order chi connectivity index (χ0) is 12.1. The summed E-state index contributed by atoms with van der Waals surface area (Å²) in [6.07, 6.45) is 4.89. The molecule has 0 radical (unpaired) electrons. The monoisotopic (exact) mass is 232 g/mol. The first-order valence-corrected chi connectivity index (χ1v) is 6.82. The Labute approximate surface area is 105 Å². The van der Waals surface area contributed by atoms with E-state index in [0.29, 0.717) is 6.04 Å². The molecule has 2 rings (SSSR count). The fraction of sp³-hybridized carbons (Fsp3) is 0.600. The third-order valence-electron chi connectivity index (χ3n) is 3.66. The van der Waals surface area contributed by atoms with Crippen molar-refractivity contribution in [2.45, 2.75) is 45.2 Å². The topological polar surface area (TPSA) is 24.1 Å². The van der Waals surface area contributed by atoms with Crippen molar-refractivity contribution in [3.63, 3.8) is 0 Å². The Morgan fingerprint density at radius 1 is 1.29 bits per heavy atom. The largest absolute Gasteiger partial charge is 0.317 e. The molecule has 0 aromatic heterocycles. The Bertz CT molecular complexity index is 360. The predicted octanol–water partition coefficient (Wildman–Crippen LogP) is 2.26. The number of rotatable bonds is 5. The van der Waals surface area contributed by atoms with Crippen LogP contribution in [0, 0.1) is 0 Å². The zero-order valence-electron chi connectivity index (χ0n) is 11.1. The third kappa shape index (κ3) is 3.30. The maximum atomic E-state index is 3.47. The van der Waals surface area contributed by atoms with Crippen LogP contribution >= 0.6 is 0 Å². The van der Waals surface area contributed by atoms with Gasteiger partial charge in [0.15, 0.2) is 0 Å². The number of hydrogen-bond donors (Lipinski definition) is 2. The van der Waals surface area contributed by atoms with Gasteiger partial charge in [0.2, 0.25) is 0 Å². The highest BCUT2D eigenvalue weighted by Gasteiger charge is 2.16. The van der Waals surface area contributed by atoms with Gasteiger partial charge in [0, 0.05) is 12.6 Å². The van der Waals surface area contributed by atoms with Crippen molar-refractivity contribution in [3.8, 4) is 0 Å². The zero-order valence-corrected chi connectivity index (χ0v) is 11.1. The maximum Gasteiger partial charge on any atom is 0.0205 e. The lowest BCUT2D eigenvalue weighted by Crippen LogP contribution is -2.31. The second kappa shape index (κ2) is 6.18. The smallest absolute Gasteiger partial charge is 0.0205 e. The molecule has 0 bridgehead atoms. The van der Waals surface area contributed by atoms with Gasteiger partial charge in [-0.25, -0.2) is 0 Å². The van der Waals surface area contributed by atoms with Gasteiger partial charge in [-0.05, 0) is 56.0 Å². The van der Waals surface area contributed by atoms with Crippen molar-refractivity contribution in [1.82, 2.24) is 10.6 Å². The number of aryl methyl sites for hydroxylation is 1. The van der Waals surface area contributed by atoms with Crippen LogP contribution in [0.4, 0.5) is 0 Å². The van der Waals surface area contributed by atoms with E-state index >= 15 is 0 Å². The highest BCUT2D eigenvalue weighted by atomic mass is 14.9. The Hall–Kier alpha value is -0.860. The molecule has 1 unspecified atom stereocenters. The number of nitrogens with one attached hydrogen (secondary N) is 2. The van der Waals surface area contributed by atoms with Crippen molar-refractivity contribution < 1.29 is 0 Å². The van der Waals surface area contributed by atoms with Crippen LogP contribution in [0.3, 0.4) is 0 Å². The van der Waals surface area contributed by atoms with Crippen LogP contribution in [0.5, 0.6) is 0 Å². The van der Waals surface area contributed by atoms with Gasteiger partial charge in [-0.2, -0.15) is 0 Å². The molecule has 0 saturated carbocycles. The van der Waals surface area contributed by atoms with Crippen LogP contribution in [0.15, 0.2) is 18.2 Å². The van der Waals surface area contributed by atoms with Gasteiger partial charge in [-0.15, -0.1) is 0 Å². The maximum absolute atomic E-state index is 3.47. The molecule has 0 fully saturated rings. The fourth-order valence-electron chi connectivity index (χ4n) is 2.57. The molecular formula is C15H24N2. The first-order chi connectivity index (χ1) is 8.33. The van der Waals surface area contributed by atoms with Crippen molar-refractivity contribution in [2.24, 2.45) is 0 Å². The summed E-state index contributed by atoms with van der Waals surface area (Å²) in [6.45, 7) is 4.33. The van der Waals surface area contributed by atoms with Crippen LogP contribution in [0.1, 0.15) is 36.5 Å². The molecular weight excluding hydrogens is 208 g/mol. The van der Waals surface area contributed by atoms with E-state index in [1.54, 1.807) is 5.56 Å². The molecule has 2 nitrogen and oxygen atoms in total. The SMILES string of the molecule is CCCNCc1ccc2c(c1)CCC(NC)C2. The normalized spacial score (nSPS) is 19.1. The molecule has 1 aromatic rings. The minimum atomic E-state index is 0.673. The Morgan fingerprint density at radius 3 is 2.94 bits per heavy atom. The molecule has 0 amide bonds. The molecule has 94 valence electrons. The van der Waals surface area contributed by atoms with Crippen molar-refractivity contribution in [2.75, 3.05) is 13.6 Å². The lowest BCUT2D eigenvalue weighted by molar-refractivity contribution is 0.496. The van der Waals surface area contributed by atoms with E-state index in [9.17, 15) is 0 Å². The molecule has 1 aromatic carbocycles. The van der Waals surface area contributed by atoms with E-state index in [-0.39, 0.29) is 0 Å². The number of likely N-dealkylation sites (N-methyl/N-ethyl adjacent to an activating group) is 1. The fourth-order valence-corrected chi connectivity index (χ4v) is 2.57. The van der Waals surface area contributed by atoms with E-state index in [4.69, 9.17) is 0 Å². The van der Waals surface area contributed by atoms with Gasteiger partial charge in [0.25, 0.3) is 0 Å². The molecule has 2 heteroatoms. The minimum Gasteiger partial charge on any atom is -0.317 e. The van der Waals surface area contributed by atoms with E-state index < -0.39 is 0 Å². The quantitative estimate of drug-likeness (QED) is 0.761. The first-order valence-electron chi connectivity index (χ1n) is 6.82. The average Bonchev–Trinajstić information content (AvgIpc) is 2.38. The van der Waals surface area contributed by atoms with E-state index in [0.717, 1.165) is 13.1 Å². The first kappa shape index (κ1) is 12.6. The van der Waals surface area contributed by atoms with Gasteiger partial charge >= 0.3 is 0 Å². The van der Waals surface area contributed by atoms with E-state index in [1.807, 2.05) is 0 Å². The highest BCUT2D eigenvalue weighted by molar-refractivity contribution is 5.34. The summed E-state index contributed by atoms with van der Waals surface area (Å²) in [7, 11) is 2.07. The Kier molecular flexibility index (Phi) is 4.57. The van der Waals surface area contributed by atoms with Crippen LogP contribution in [-0.2, 0) is 19.4 Å². The summed E-state index contributed by atoms with van der Waals surface area (Å²) < 4.78 is 0. The molecule has 1 aliphatic carbocycles. The summed E-state index contributed by atoms with van der Waals surface area (Å²) in [4.78, 5) is 0. The summed E-state index contributed by atoms with van der Waals surface area (Å²) >= 11 is 0. The minimum absolute atomic E-state index is 0.673. The summed E-state index contributed by atoms with van der Waals surface area (Å²) in [6, 6.07) is 7.66. The number of hydrogen-bond acceptors (Lipinski definition) is 2.